The lowest BCUT2D eigenvalue weighted by Gasteiger charge is -2.41. The van der Waals surface area contributed by atoms with Gasteiger partial charge in [-0.15, -0.1) is 0 Å². The summed E-state index contributed by atoms with van der Waals surface area (Å²) in [6, 6.07) is 0.361. The van der Waals surface area contributed by atoms with E-state index in [2.05, 4.69) is 40.9 Å². The van der Waals surface area contributed by atoms with Crippen LogP contribution in [-0.2, 0) is 4.79 Å². The van der Waals surface area contributed by atoms with E-state index in [4.69, 9.17) is 0 Å². The van der Waals surface area contributed by atoms with E-state index >= 15 is 0 Å². The highest BCUT2D eigenvalue weighted by molar-refractivity contribution is 5.82. The standard InChI is InChI=1S/C13H26N4O/c1-11-10-15(3)8-9-17(11)13(18)12(2)16-6-4-14-5-7-16/h11-12,14H,4-10H2,1-3H3. The highest BCUT2D eigenvalue weighted by atomic mass is 16.2. The predicted molar refractivity (Wildman–Crippen MR) is 72.6 cm³/mol. The van der Waals surface area contributed by atoms with Crippen LogP contribution < -0.4 is 5.32 Å². The first kappa shape index (κ1) is 13.8. The summed E-state index contributed by atoms with van der Waals surface area (Å²) in [5, 5.41) is 3.33. The van der Waals surface area contributed by atoms with Gasteiger partial charge in [0.25, 0.3) is 0 Å². The normalized spacial score (nSPS) is 29.3. The van der Waals surface area contributed by atoms with Crippen molar-refractivity contribution in [1.29, 1.82) is 0 Å². The average Bonchev–Trinajstić information content (AvgIpc) is 2.38. The molecule has 18 heavy (non-hydrogen) atoms. The van der Waals surface area contributed by atoms with E-state index in [9.17, 15) is 4.79 Å². The minimum absolute atomic E-state index is 0.0259. The summed E-state index contributed by atoms with van der Waals surface area (Å²) in [7, 11) is 2.12. The first-order valence-corrected chi connectivity index (χ1v) is 7.03. The largest absolute Gasteiger partial charge is 0.336 e. The van der Waals surface area contributed by atoms with Crippen LogP contribution in [0.15, 0.2) is 0 Å². The molecule has 2 rings (SSSR count). The summed E-state index contributed by atoms with van der Waals surface area (Å²) in [5.74, 6) is 0.303. The van der Waals surface area contributed by atoms with E-state index in [1.165, 1.54) is 0 Å². The third kappa shape index (κ3) is 3.02. The monoisotopic (exact) mass is 254 g/mol. The lowest BCUT2D eigenvalue weighted by atomic mass is 10.1. The molecule has 2 aliphatic heterocycles. The number of hydrogen-bond donors (Lipinski definition) is 1. The Morgan fingerprint density at radius 2 is 1.89 bits per heavy atom. The third-order valence-electron chi connectivity index (χ3n) is 4.17. The van der Waals surface area contributed by atoms with Crippen LogP contribution in [0.4, 0.5) is 0 Å². The van der Waals surface area contributed by atoms with Gasteiger partial charge in [0.05, 0.1) is 6.04 Å². The number of carbonyl (C=O) groups is 1. The molecule has 0 aromatic rings. The van der Waals surface area contributed by atoms with Crippen molar-refractivity contribution in [2.45, 2.75) is 25.9 Å². The molecule has 5 heteroatoms. The number of likely N-dealkylation sites (N-methyl/N-ethyl adjacent to an activating group) is 1. The zero-order valence-corrected chi connectivity index (χ0v) is 11.9. The zero-order chi connectivity index (χ0) is 13.1. The molecule has 1 amide bonds. The maximum absolute atomic E-state index is 12.6. The highest BCUT2D eigenvalue weighted by Gasteiger charge is 2.31. The number of nitrogens with one attached hydrogen (secondary N) is 1. The molecule has 0 aliphatic carbocycles. The maximum atomic E-state index is 12.6. The van der Waals surface area contributed by atoms with E-state index < -0.39 is 0 Å². The molecule has 2 atom stereocenters. The second kappa shape index (κ2) is 5.99. The Bertz CT molecular complexity index is 291. The molecule has 2 fully saturated rings. The van der Waals surface area contributed by atoms with Crippen LogP contribution in [-0.4, -0.2) is 85.6 Å². The third-order valence-corrected chi connectivity index (χ3v) is 4.17. The molecule has 104 valence electrons. The van der Waals surface area contributed by atoms with Crippen molar-refractivity contribution in [3.8, 4) is 0 Å². The van der Waals surface area contributed by atoms with Gasteiger partial charge < -0.3 is 15.1 Å². The number of piperazine rings is 2. The molecule has 1 N–H and O–H groups in total. The molecular formula is C13H26N4O. The van der Waals surface area contributed by atoms with Crippen molar-refractivity contribution in [3.63, 3.8) is 0 Å². The van der Waals surface area contributed by atoms with Crippen LogP contribution in [0.25, 0.3) is 0 Å². The smallest absolute Gasteiger partial charge is 0.239 e. The fourth-order valence-corrected chi connectivity index (χ4v) is 2.93. The minimum Gasteiger partial charge on any atom is -0.336 e. The van der Waals surface area contributed by atoms with Crippen molar-refractivity contribution in [1.82, 2.24) is 20.0 Å². The van der Waals surface area contributed by atoms with Crippen LogP contribution in [0, 0.1) is 0 Å². The average molecular weight is 254 g/mol. The van der Waals surface area contributed by atoms with Gasteiger partial charge in [0.2, 0.25) is 5.91 Å². The van der Waals surface area contributed by atoms with Gasteiger partial charge in [0.15, 0.2) is 0 Å². The van der Waals surface area contributed by atoms with Crippen molar-refractivity contribution < 1.29 is 4.79 Å². The van der Waals surface area contributed by atoms with E-state index in [0.29, 0.717) is 11.9 Å². The van der Waals surface area contributed by atoms with Gasteiger partial charge in [-0.25, -0.2) is 0 Å². The molecule has 0 bridgehead atoms. The fraction of sp³-hybridized carbons (Fsp3) is 0.923. The number of carbonyl (C=O) groups excluding carboxylic acids is 1. The molecule has 0 radical (unpaired) electrons. The van der Waals surface area contributed by atoms with E-state index in [1.54, 1.807) is 0 Å². The molecule has 2 heterocycles. The van der Waals surface area contributed by atoms with E-state index in [0.717, 1.165) is 45.8 Å². The number of nitrogens with zero attached hydrogens (tertiary/aromatic N) is 3. The Morgan fingerprint density at radius 3 is 2.50 bits per heavy atom. The zero-order valence-electron chi connectivity index (χ0n) is 11.9. The molecule has 0 saturated carbocycles. The van der Waals surface area contributed by atoms with Crippen molar-refractivity contribution >= 4 is 5.91 Å². The fourth-order valence-electron chi connectivity index (χ4n) is 2.93. The van der Waals surface area contributed by atoms with Crippen molar-refractivity contribution in [2.24, 2.45) is 0 Å². The van der Waals surface area contributed by atoms with Gasteiger partial charge in [-0.05, 0) is 20.9 Å². The molecule has 0 aromatic carbocycles. The Hall–Kier alpha value is -0.650. The van der Waals surface area contributed by atoms with Crippen LogP contribution in [0.3, 0.4) is 0 Å². The number of amides is 1. The predicted octanol–water partition coefficient (Wildman–Crippen LogP) is -0.557. The second-order valence-electron chi connectivity index (χ2n) is 5.60. The topological polar surface area (TPSA) is 38.8 Å². The van der Waals surface area contributed by atoms with Gasteiger partial charge in [-0.3, -0.25) is 9.69 Å². The molecule has 0 spiro atoms. The van der Waals surface area contributed by atoms with Gasteiger partial charge in [0, 0.05) is 51.9 Å². The summed E-state index contributed by atoms with van der Waals surface area (Å²) in [6.45, 7) is 11.0. The van der Waals surface area contributed by atoms with Crippen molar-refractivity contribution in [2.75, 3.05) is 52.9 Å². The first-order chi connectivity index (χ1) is 8.59. The lowest BCUT2D eigenvalue weighted by Crippen LogP contribution is -2.59. The molecule has 0 aromatic heterocycles. The van der Waals surface area contributed by atoms with Crippen LogP contribution >= 0.6 is 0 Å². The summed E-state index contributed by atoms with van der Waals surface area (Å²) in [4.78, 5) is 19.2. The summed E-state index contributed by atoms with van der Waals surface area (Å²) in [6.07, 6.45) is 0. The summed E-state index contributed by atoms with van der Waals surface area (Å²) in [5.41, 5.74) is 0. The van der Waals surface area contributed by atoms with Gasteiger partial charge in [0.1, 0.15) is 0 Å². The Labute approximate surface area is 110 Å². The highest BCUT2D eigenvalue weighted by Crippen LogP contribution is 2.12. The SMILES string of the molecule is CC(C(=O)N1CCN(C)CC1C)N1CCNCC1. The summed E-state index contributed by atoms with van der Waals surface area (Å²) >= 11 is 0. The Morgan fingerprint density at radius 1 is 1.22 bits per heavy atom. The lowest BCUT2D eigenvalue weighted by molar-refractivity contribution is -0.141. The minimum atomic E-state index is 0.0259. The van der Waals surface area contributed by atoms with E-state index in [1.807, 2.05) is 0 Å². The van der Waals surface area contributed by atoms with Crippen molar-refractivity contribution in [3.05, 3.63) is 0 Å². The van der Waals surface area contributed by atoms with Gasteiger partial charge >= 0.3 is 0 Å². The maximum Gasteiger partial charge on any atom is 0.239 e. The molecular weight excluding hydrogens is 228 g/mol. The number of rotatable bonds is 2. The van der Waals surface area contributed by atoms with E-state index in [-0.39, 0.29) is 6.04 Å². The Balaban J connectivity index is 1.93. The van der Waals surface area contributed by atoms with Gasteiger partial charge in [-0.1, -0.05) is 0 Å². The first-order valence-electron chi connectivity index (χ1n) is 7.03. The Kier molecular flexibility index (Phi) is 4.59. The number of hydrogen-bond acceptors (Lipinski definition) is 4. The molecule has 5 nitrogen and oxygen atoms in total. The van der Waals surface area contributed by atoms with Crippen LogP contribution in [0.2, 0.25) is 0 Å². The van der Waals surface area contributed by atoms with Crippen LogP contribution in [0.1, 0.15) is 13.8 Å². The summed E-state index contributed by atoms with van der Waals surface area (Å²) < 4.78 is 0. The second-order valence-corrected chi connectivity index (χ2v) is 5.60. The molecule has 2 saturated heterocycles. The quantitative estimate of drug-likeness (QED) is 0.717. The van der Waals surface area contributed by atoms with Crippen LogP contribution in [0.5, 0.6) is 0 Å². The molecule has 2 unspecified atom stereocenters. The molecule has 2 aliphatic rings. The van der Waals surface area contributed by atoms with Gasteiger partial charge in [-0.2, -0.15) is 0 Å².